The molecule has 20 heavy (non-hydrogen) atoms. The van der Waals surface area contributed by atoms with Crippen molar-refractivity contribution in [3.05, 3.63) is 12.2 Å². The number of hydrogen-bond donors (Lipinski definition) is 0. The number of allylic oxidation sites excluding steroid dienone is 2. The van der Waals surface area contributed by atoms with Crippen molar-refractivity contribution in [1.29, 1.82) is 0 Å². The Morgan fingerprint density at radius 2 is 1.25 bits per heavy atom. The lowest BCUT2D eigenvalue weighted by molar-refractivity contribution is 0.241. The molecule has 2 rings (SSSR count). The third-order valence-corrected chi connectivity index (χ3v) is 5.89. The SMILES string of the molecule is C/C=C/CCC1CCC(CCCC2CCCCC2)CC1. The lowest BCUT2D eigenvalue weighted by atomic mass is 9.77. The summed E-state index contributed by atoms with van der Waals surface area (Å²) in [7, 11) is 0. The molecule has 0 nitrogen and oxygen atoms in total. The summed E-state index contributed by atoms with van der Waals surface area (Å²) < 4.78 is 0. The summed E-state index contributed by atoms with van der Waals surface area (Å²) >= 11 is 0. The van der Waals surface area contributed by atoms with Crippen LogP contribution >= 0.6 is 0 Å². The number of hydrogen-bond acceptors (Lipinski definition) is 0. The summed E-state index contributed by atoms with van der Waals surface area (Å²) in [6.07, 6.45) is 25.6. The molecule has 0 amide bonds. The molecular weight excluding hydrogens is 240 g/mol. The van der Waals surface area contributed by atoms with Gasteiger partial charge in [0.25, 0.3) is 0 Å². The van der Waals surface area contributed by atoms with E-state index in [1.54, 1.807) is 6.42 Å². The van der Waals surface area contributed by atoms with Crippen LogP contribution in [-0.4, -0.2) is 0 Å². The Balaban J connectivity index is 1.50. The van der Waals surface area contributed by atoms with E-state index in [4.69, 9.17) is 0 Å². The van der Waals surface area contributed by atoms with Crippen LogP contribution in [0.4, 0.5) is 0 Å². The Bertz CT molecular complexity index is 251. The van der Waals surface area contributed by atoms with E-state index < -0.39 is 0 Å². The van der Waals surface area contributed by atoms with E-state index in [2.05, 4.69) is 19.1 Å². The van der Waals surface area contributed by atoms with Gasteiger partial charge in [-0.1, -0.05) is 89.2 Å². The smallest absolute Gasteiger partial charge is 0.0348 e. The topological polar surface area (TPSA) is 0 Å². The quantitative estimate of drug-likeness (QED) is 0.444. The van der Waals surface area contributed by atoms with Gasteiger partial charge in [-0.15, -0.1) is 0 Å². The van der Waals surface area contributed by atoms with E-state index in [9.17, 15) is 0 Å². The summed E-state index contributed by atoms with van der Waals surface area (Å²) in [5.74, 6) is 3.22. The van der Waals surface area contributed by atoms with Crippen LogP contribution in [0.2, 0.25) is 0 Å². The molecular formula is C20H36. The fourth-order valence-electron chi connectivity index (χ4n) is 4.48. The van der Waals surface area contributed by atoms with Crippen molar-refractivity contribution in [3.63, 3.8) is 0 Å². The van der Waals surface area contributed by atoms with Gasteiger partial charge < -0.3 is 0 Å². The Labute approximate surface area is 127 Å². The van der Waals surface area contributed by atoms with Crippen molar-refractivity contribution < 1.29 is 0 Å². The van der Waals surface area contributed by atoms with Gasteiger partial charge in [0.15, 0.2) is 0 Å². The summed E-state index contributed by atoms with van der Waals surface area (Å²) in [4.78, 5) is 0. The molecule has 2 fully saturated rings. The van der Waals surface area contributed by atoms with Gasteiger partial charge in [-0.05, 0) is 37.5 Å². The molecule has 0 aromatic carbocycles. The van der Waals surface area contributed by atoms with E-state index in [-0.39, 0.29) is 0 Å². The first-order chi connectivity index (χ1) is 9.88. The predicted molar refractivity (Wildman–Crippen MR) is 89.9 cm³/mol. The van der Waals surface area contributed by atoms with E-state index >= 15 is 0 Å². The minimum Gasteiger partial charge on any atom is -0.0917 e. The van der Waals surface area contributed by atoms with Gasteiger partial charge in [0.1, 0.15) is 0 Å². The minimum absolute atomic E-state index is 1.04. The van der Waals surface area contributed by atoms with Gasteiger partial charge in [0.2, 0.25) is 0 Å². The zero-order chi connectivity index (χ0) is 14.0. The van der Waals surface area contributed by atoms with Crippen LogP contribution in [-0.2, 0) is 0 Å². The highest BCUT2D eigenvalue weighted by molar-refractivity contribution is 4.80. The van der Waals surface area contributed by atoms with Gasteiger partial charge in [-0.25, -0.2) is 0 Å². The highest BCUT2D eigenvalue weighted by atomic mass is 14.3. The highest BCUT2D eigenvalue weighted by Gasteiger charge is 2.21. The molecule has 0 atom stereocenters. The lowest BCUT2D eigenvalue weighted by Crippen LogP contribution is -2.15. The molecule has 2 aliphatic carbocycles. The van der Waals surface area contributed by atoms with E-state index in [1.807, 2.05) is 0 Å². The lowest BCUT2D eigenvalue weighted by Gasteiger charge is -2.29. The zero-order valence-corrected chi connectivity index (χ0v) is 13.8. The van der Waals surface area contributed by atoms with Crippen LogP contribution in [0.1, 0.15) is 96.8 Å². The Morgan fingerprint density at radius 1 is 0.700 bits per heavy atom. The van der Waals surface area contributed by atoms with Crippen LogP contribution in [0.25, 0.3) is 0 Å². The molecule has 2 saturated carbocycles. The van der Waals surface area contributed by atoms with Crippen molar-refractivity contribution in [3.8, 4) is 0 Å². The fourth-order valence-corrected chi connectivity index (χ4v) is 4.48. The molecule has 0 N–H and O–H groups in total. The molecule has 0 bridgehead atoms. The molecule has 0 heteroatoms. The molecule has 0 saturated heterocycles. The van der Waals surface area contributed by atoms with Gasteiger partial charge in [0, 0.05) is 0 Å². The molecule has 0 aromatic rings. The van der Waals surface area contributed by atoms with E-state index in [0.29, 0.717) is 0 Å². The molecule has 0 aliphatic heterocycles. The van der Waals surface area contributed by atoms with Crippen molar-refractivity contribution >= 4 is 0 Å². The Morgan fingerprint density at radius 3 is 1.85 bits per heavy atom. The summed E-state index contributed by atoms with van der Waals surface area (Å²) in [6.45, 7) is 2.14. The van der Waals surface area contributed by atoms with Gasteiger partial charge in [0.05, 0.1) is 0 Å². The van der Waals surface area contributed by atoms with Crippen LogP contribution in [0.5, 0.6) is 0 Å². The standard InChI is InChI=1S/C20H36/c1-2-3-5-9-19-14-16-20(17-15-19)13-8-12-18-10-6-4-7-11-18/h2-3,18-20H,4-17H2,1H3/b3-2+. The molecule has 2 aliphatic rings. The fraction of sp³-hybridized carbons (Fsp3) is 0.900. The summed E-state index contributed by atoms with van der Waals surface area (Å²) in [5, 5.41) is 0. The third kappa shape index (κ3) is 6.02. The second-order valence-electron chi connectivity index (χ2n) is 7.47. The average molecular weight is 277 g/mol. The Hall–Kier alpha value is -0.260. The maximum atomic E-state index is 2.34. The van der Waals surface area contributed by atoms with Crippen molar-refractivity contribution in [2.45, 2.75) is 96.8 Å². The molecule has 0 radical (unpaired) electrons. The molecule has 0 heterocycles. The van der Waals surface area contributed by atoms with Crippen LogP contribution in [0.15, 0.2) is 12.2 Å². The second kappa shape index (κ2) is 9.64. The van der Waals surface area contributed by atoms with Crippen molar-refractivity contribution in [2.24, 2.45) is 17.8 Å². The van der Waals surface area contributed by atoms with E-state index in [0.717, 1.165) is 17.8 Å². The van der Waals surface area contributed by atoms with Crippen molar-refractivity contribution in [1.82, 2.24) is 0 Å². The highest BCUT2D eigenvalue weighted by Crippen LogP contribution is 2.35. The normalized spacial score (nSPS) is 29.1. The van der Waals surface area contributed by atoms with Crippen LogP contribution in [0.3, 0.4) is 0 Å². The van der Waals surface area contributed by atoms with Gasteiger partial charge >= 0.3 is 0 Å². The van der Waals surface area contributed by atoms with E-state index in [1.165, 1.54) is 83.5 Å². The summed E-state index contributed by atoms with van der Waals surface area (Å²) in [5.41, 5.74) is 0. The van der Waals surface area contributed by atoms with Crippen LogP contribution in [0, 0.1) is 17.8 Å². The number of rotatable bonds is 7. The average Bonchev–Trinajstić information content (AvgIpc) is 2.50. The first kappa shape index (κ1) is 16.1. The third-order valence-electron chi connectivity index (χ3n) is 5.89. The monoisotopic (exact) mass is 276 g/mol. The molecule has 116 valence electrons. The maximum Gasteiger partial charge on any atom is -0.0348 e. The van der Waals surface area contributed by atoms with Gasteiger partial charge in [-0.3, -0.25) is 0 Å². The second-order valence-corrected chi connectivity index (χ2v) is 7.47. The first-order valence-electron chi connectivity index (χ1n) is 9.49. The van der Waals surface area contributed by atoms with Crippen LogP contribution < -0.4 is 0 Å². The van der Waals surface area contributed by atoms with Gasteiger partial charge in [-0.2, -0.15) is 0 Å². The molecule has 0 spiro atoms. The molecule has 0 unspecified atom stereocenters. The minimum atomic E-state index is 1.04. The maximum absolute atomic E-state index is 2.34. The zero-order valence-electron chi connectivity index (χ0n) is 13.8. The largest absolute Gasteiger partial charge is 0.0917 e. The van der Waals surface area contributed by atoms with Crippen molar-refractivity contribution in [2.75, 3.05) is 0 Å². The first-order valence-corrected chi connectivity index (χ1v) is 9.49. The Kier molecular flexibility index (Phi) is 7.76. The predicted octanol–water partition coefficient (Wildman–Crippen LogP) is 6.90. The molecule has 0 aromatic heterocycles. The summed E-state index contributed by atoms with van der Waals surface area (Å²) in [6, 6.07) is 0.